The van der Waals surface area contributed by atoms with Crippen molar-refractivity contribution in [1.82, 2.24) is 5.32 Å². The highest BCUT2D eigenvalue weighted by Gasteiger charge is 2.16. The normalized spacial score (nSPS) is 14.5. The standard InChI is InChI=1S/C16H17NO3S/c1-11(8-12-4-7-21-10-12)17-16(18)13-2-3-14-15(9-13)20-6-5-19-14/h2-4,7,9-11H,5-6,8H2,1H3,(H,17,18). The third-order valence-corrected chi connectivity index (χ3v) is 4.04. The summed E-state index contributed by atoms with van der Waals surface area (Å²) in [5, 5.41) is 7.16. The van der Waals surface area contributed by atoms with Crippen LogP contribution < -0.4 is 14.8 Å². The van der Waals surface area contributed by atoms with Crippen LogP contribution in [0.15, 0.2) is 35.0 Å². The minimum atomic E-state index is -0.0882. The number of benzene rings is 1. The van der Waals surface area contributed by atoms with Crippen molar-refractivity contribution in [1.29, 1.82) is 0 Å². The van der Waals surface area contributed by atoms with Crippen LogP contribution in [-0.4, -0.2) is 25.2 Å². The summed E-state index contributed by atoms with van der Waals surface area (Å²) >= 11 is 1.67. The SMILES string of the molecule is CC(Cc1ccsc1)NC(=O)c1ccc2c(c1)OCCO2. The molecule has 1 unspecified atom stereocenters. The molecule has 0 bridgehead atoms. The van der Waals surface area contributed by atoms with Gasteiger partial charge in [0.05, 0.1) is 0 Å². The van der Waals surface area contributed by atoms with E-state index < -0.39 is 0 Å². The Hall–Kier alpha value is -2.01. The number of hydrogen-bond donors (Lipinski definition) is 1. The molecule has 0 saturated heterocycles. The number of rotatable bonds is 4. The largest absolute Gasteiger partial charge is 0.486 e. The van der Waals surface area contributed by atoms with Gasteiger partial charge in [-0.3, -0.25) is 4.79 Å². The Bertz CT molecular complexity index is 624. The van der Waals surface area contributed by atoms with E-state index in [0.717, 1.165) is 6.42 Å². The number of nitrogens with one attached hydrogen (secondary N) is 1. The monoisotopic (exact) mass is 303 g/mol. The Morgan fingerprint density at radius 1 is 1.29 bits per heavy atom. The summed E-state index contributed by atoms with van der Waals surface area (Å²) in [7, 11) is 0. The number of carbonyl (C=O) groups excluding carboxylic acids is 1. The predicted octanol–water partition coefficient (Wildman–Crippen LogP) is 2.88. The van der Waals surface area contributed by atoms with Crippen LogP contribution in [0.5, 0.6) is 11.5 Å². The molecule has 1 atom stereocenters. The second-order valence-electron chi connectivity index (χ2n) is 5.07. The molecule has 1 amide bonds. The third kappa shape index (κ3) is 3.36. The molecule has 0 spiro atoms. The van der Waals surface area contributed by atoms with Crippen LogP contribution in [0.2, 0.25) is 0 Å². The van der Waals surface area contributed by atoms with Crippen molar-refractivity contribution in [3.63, 3.8) is 0 Å². The number of thiophene rings is 1. The Morgan fingerprint density at radius 2 is 2.10 bits per heavy atom. The molecule has 21 heavy (non-hydrogen) atoms. The van der Waals surface area contributed by atoms with E-state index in [0.29, 0.717) is 30.3 Å². The number of hydrogen-bond acceptors (Lipinski definition) is 4. The zero-order valence-corrected chi connectivity index (χ0v) is 12.6. The minimum Gasteiger partial charge on any atom is -0.486 e. The zero-order valence-electron chi connectivity index (χ0n) is 11.8. The molecule has 0 saturated carbocycles. The lowest BCUT2D eigenvalue weighted by Crippen LogP contribution is -2.34. The Labute approximate surface area is 127 Å². The summed E-state index contributed by atoms with van der Waals surface area (Å²) in [6, 6.07) is 7.45. The highest BCUT2D eigenvalue weighted by molar-refractivity contribution is 7.07. The summed E-state index contributed by atoms with van der Waals surface area (Å²) in [6.07, 6.45) is 0.833. The van der Waals surface area contributed by atoms with Gasteiger partial charge in [0.25, 0.3) is 5.91 Å². The first-order valence-electron chi connectivity index (χ1n) is 6.94. The molecule has 4 nitrogen and oxygen atoms in total. The molecule has 3 rings (SSSR count). The van der Waals surface area contributed by atoms with Gasteiger partial charge in [-0.05, 0) is 53.9 Å². The lowest BCUT2D eigenvalue weighted by atomic mass is 10.1. The molecule has 1 aliphatic heterocycles. The molecule has 0 fully saturated rings. The van der Waals surface area contributed by atoms with E-state index in [-0.39, 0.29) is 11.9 Å². The quantitative estimate of drug-likeness (QED) is 0.945. The van der Waals surface area contributed by atoms with Crippen molar-refractivity contribution in [3.8, 4) is 11.5 Å². The van der Waals surface area contributed by atoms with Crippen LogP contribution in [0.3, 0.4) is 0 Å². The molecule has 1 aromatic heterocycles. The molecule has 110 valence electrons. The van der Waals surface area contributed by atoms with Gasteiger partial charge in [-0.1, -0.05) is 0 Å². The van der Waals surface area contributed by atoms with Gasteiger partial charge >= 0.3 is 0 Å². The summed E-state index contributed by atoms with van der Waals surface area (Å²) in [5.41, 5.74) is 1.84. The lowest BCUT2D eigenvalue weighted by Gasteiger charge is -2.19. The molecular formula is C16H17NO3S. The molecule has 2 aromatic rings. The van der Waals surface area contributed by atoms with Crippen molar-refractivity contribution in [2.24, 2.45) is 0 Å². The molecule has 1 aliphatic rings. The topological polar surface area (TPSA) is 47.6 Å². The fourth-order valence-electron chi connectivity index (χ4n) is 2.31. The second-order valence-corrected chi connectivity index (χ2v) is 5.85. The Morgan fingerprint density at radius 3 is 2.86 bits per heavy atom. The van der Waals surface area contributed by atoms with Crippen LogP contribution in [0, 0.1) is 0 Å². The maximum absolute atomic E-state index is 12.3. The molecule has 5 heteroatoms. The van der Waals surface area contributed by atoms with Gasteiger partial charge < -0.3 is 14.8 Å². The summed E-state index contributed by atoms with van der Waals surface area (Å²) in [5.74, 6) is 1.25. The van der Waals surface area contributed by atoms with Crippen LogP contribution in [0.25, 0.3) is 0 Å². The smallest absolute Gasteiger partial charge is 0.251 e. The Kier molecular flexibility index (Phi) is 4.10. The van der Waals surface area contributed by atoms with Crippen LogP contribution in [0.4, 0.5) is 0 Å². The van der Waals surface area contributed by atoms with E-state index in [9.17, 15) is 4.79 Å². The highest BCUT2D eigenvalue weighted by Crippen LogP contribution is 2.30. The number of ether oxygens (including phenoxy) is 2. The van der Waals surface area contributed by atoms with Crippen molar-refractivity contribution in [2.45, 2.75) is 19.4 Å². The van der Waals surface area contributed by atoms with Gasteiger partial charge in [0.15, 0.2) is 11.5 Å². The van der Waals surface area contributed by atoms with E-state index in [1.54, 1.807) is 29.5 Å². The van der Waals surface area contributed by atoms with Gasteiger partial charge in [-0.25, -0.2) is 0 Å². The molecule has 1 N–H and O–H groups in total. The van der Waals surface area contributed by atoms with Gasteiger partial charge in [-0.15, -0.1) is 0 Å². The predicted molar refractivity (Wildman–Crippen MR) is 82.4 cm³/mol. The third-order valence-electron chi connectivity index (χ3n) is 3.30. The molecule has 2 heterocycles. The summed E-state index contributed by atoms with van der Waals surface area (Å²) < 4.78 is 11.0. The van der Waals surface area contributed by atoms with Crippen molar-refractivity contribution >= 4 is 17.2 Å². The van der Waals surface area contributed by atoms with E-state index in [2.05, 4.69) is 16.8 Å². The summed E-state index contributed by atoms with van der Waals surface area (Å²) in [6.45, 7) is 3.08. The van der Waals surface area contributed by atoms with Crippen molar-refractivity contribution < 1.29 is 14.3 Å². The minimum absolute atomic E-state index is 0.0836. The Balaban J connectivity index is 1.64. The summed E-state index contributed by atoms with van der Waals surface area (Å²) in [4.78, 5) is 12.3. The second kappa shape index (κ2) is 6.18. The first kappa shape index (κ1) is 13.9. The van der Waals surface area contributed by atoms with Crippen molar-refractivity contribution in [2.75, 3.05) is 13.2 Å². The van der Waals surface area contributed by atoms with E-state index in [1.807, 2.05) is 12.3 Å². The zero-order chi connectivity index (χ0) is 14.7. The van der Waals surface area contributed by atoms with Gasteiger partial charge in [-0.2, -0.15) is 11.3 Å². The lowest BCUT2D eigenvalue weighted by molar-refractivity contribution is 0.0939. The fourth-order valence-corrected chi connectivity index (χ4v) is 2.99. The van der Waals surface area contributed by atoms with E-state index in [4.69, 9.17) is 9.47 Å². The molecule has 0 aliphatic carbocycles. The number of carbonyl (C=O) groups is 1. The van der Waals surface area contributed by atoms with Gasteiger partial charge in [0.1, 0.15) is 13.2 Å². The maximum Gasteiger partial charge on any atom is 0.251 e. The van der Waals surface area contributed by atoms with E-state index >= 15 is 0 Å². The highest BCUT2D eigenvalue weighted by atomic mass is 32.1. The van der Waals surface area contributed by atoms with Crippen molar-refractivity contribution in [3.05, 3.63) is 46.2 Å². The molecule has 1 aromatic carbocycles. The van der Waals surface area contributed by atoms with Crippen LogP contribution in [-0.2, 0) is 6.42 Å². The number of fused-ring (bicyclic) bond motifs is 1. The first-order valence-corrected chi connectivity index (χ1v) is 7.88. The van der Waals surface area contributed by atoms with Crippen LogP contribution >= 0.6 is 11.3 Å². The first-order chi connectivity index (χ1) is 10.2. The maximum atomic E-state index is 12.3. The average molecular weight is 303 g/mol. The molecular weight excluding hydrogens is 286 g/mol. The van der Waals surface area contributed by atoms with E-state index in [1.165, 1.54) is 5.56 Å². The molecule has 0 radical (unpaired) electrons. The van der Waals surface area contributed by atoms with Gasteiger partial charge in [0.2, 0.25) is 0 Å². The average Bonchev–Trinajstić information content (AvgIpc) is 2.99. The number of amides is 1. The van der Waals surface area contributed by atoms with Crippen LogP contribution in [0.1, 0.15) is 22.8 Å². The van der Waals surface area contributed by atoms with Gasteiger partial charge in [0, 0.05) is 11.6 Å². The fraction of sp³-hybridized carbons (Fsp3) is 0.312.